The normalized spacial score (nSPS) is 15.7. The first-order valence-corrected chi connectivity index (χ1v) is 13.1. The Bertz CT molecular complexity index is 1640. The summed E-state index contributed by atoms with van der Waals surface area (Å²) in [6, 6.07) is 15.8. The van der Waals surface area contributed by atoms with Gasteiger partial charge in [0.2, 0.25) is 0 Å². The van der Waals surface area contributed by atoms with Gasteiger partial charge in [-0.3, -0.25) is 14.2 Å². The van der Waals surface area contributed by atoms with E-state index in [2.05, 4.69) is 48.8 Å². The van der Waals surface area contributed by atoms with E-state index in [9.17, 15) is 14.0 Å². The Morgan fingerprint density at radius 3 is 2.60 bits per heavy atom. The number of hydrogen-bond acceptors (Lipinski definition) is 5. The van der Waals surface area contributed by atoms with Crippen LogP contribution in [-0.4, -0.2) is 10.5 Å². The van der Waals surface area contributed by atoms with Gasteiger partial charge in [-0.1, -0.05) is 41.7 Å². The second kappa shape index (κ2) is 9.67. The number of allylic oxidation sites excluding steroid dienone is 1. The summed E-state index contributed by atoms with van der Waals surface area (Å²) >= 11 is 6.67. The van der Waals surface area contributed by atoms with Crippen LogP contribution >= 0.6 is 49.9 Å². The molecule has 1 amide bonds. The van der Waals surface area contributed by atoms with Crippen molar-refractivity contribution in [3.63, 3.8) is 0 Å². The minimum atomic E-state index is -0.777. The number of nitrogens with zero attached hydrogens (tertiary/aromatic N) is 2. The van der Waals surface area contributed by atoms with Crippen molar-refractivity contribution in [2.45, 2.75) is 13.0 Å². The molecule has 1 atom stereocenters. The van der Waals surface area contributed by atoms with Gasteiger partial charge in [0.1, 0.15) is 11.6 Å². The molecule has 0 bridgehead atoms. The number of carbonyl (C=O) groups is 1. The highest BCUT2D eigenvalue weighted by molar-refractivity contribution is 14.1. The van der Waals surface area contributed by atoms with E-state index in [1.807, 2.05) is 18.2 Å². The first-order valence-electron chi connectivity index (χ1n) is 10.4. The van der Waals surface area contributed by atoms with Crippen molar-refractivity contribution in [1.29, 1.82) is 0 Å². The Hall–Kier alpha value is -2.83. The Labute approximate surface area is 224 Å². The second-order valence-corrected chi connectivity index (χ2v) is 10.6. The van der Waals surface area contributed by atoms with E-state index < -0.39 is 11.9 Å². The standard InChI is InChI=1S/C25H16BrFIN3O3S/c1-13-20(23(32)30-16-5-3-2-4-6-16)21(14-7-9-15(27)10-8-14)31-24(33)19(35-25(31)29-13)12-17-11-18(26)22(28)34-17/h2-12,21H,1H3,(H,30,32)/b19-12+/t21-/m1/s1. The molecule has 0 saturated carbocycles. The minimum absolute atomic E-state index is 0.315. The van der Waals surface area contributed by atoms with Gasteiger partial charge in [-0.05, 0) is 58.7 Å². The summed E-state index contributed by atoms with van der Waals surface area (Å²) in [4.78, 5) is 32.1. The van der Waals surface area contributed by atoms with Gasteiger partial charge in [0, 0.05) is 34.4 Å². The number of furan rings is 1. The number of hydrogen-bond donors (Lipinski definition) is 1. The highest BCUT2D eigenvalue weighted by Crippen LogP contribution is 2.31. The average Bonchev–Trinajstić information content (AvgIpc) is 3.31. The van der Waals surface area contributed by atoms with E-state index in [0.717, 1.165) is 4.47 Å². The molecule has 1 N–H and O–H groups in total. The predicted octanol–water partition coefficient (Wildman–Crippen LogP) is 4.97. The van der Waals surface area contributed by atoms with Gasteiger partial charge in [-0.2, -0.15) is 0 Å². The number of para-hydroxylation sites is 1. The highest BCUT2D eigenvalue weighted by Gasteiger charge is 2.32. The van der Waals surface area contributed by atoms with Gasteiger partial charge in [-0.25, -0.2) is 9.38 Å². The highest BCUT2D eigenvalue weighted by atomic mass is 127. The molecule has 2 aromatic carbocycles. The molecule has 0 unspecified atom stereocenters. The number of carbonyl (C=O) groups excluding carboxylic acids is 1. The molecule has 6 nitrogen and oxygen atoms in total. The van der Waals surface area contributed by atoms with Crippen LogP contribution < -0.4 is 20.2 Å². The Morgan fingerprint density at radius 2 is 1.94 bits per heavy atom. The average molecular weight is 664 g/mol. The smallest absolute Gasteiger partial charge is 0.271 e. The number of thiazole rings is 1. The molecule has 35 heavy (non-hydrogen) atoms. The molecule has 4 aromatic rings. The number of anilines is 1. The Kier molecular flexibility index (Phi) is 6.60. The van der Waals surface area contributed by atoms with E-state index in [-0.39, 0.29) is 11.5 Å². The van der Waals surface area contributed by atoms with Gasteiger partial charge >= 0.3 is 0 Å². The minimum Gasteiger partial charge on any atom is -0.450 e. The maximum Gasteiger partial charge on any atom is 0.271 e. The van der Waals surface area contributed by atoms with Crippen LogP contribution in [0.4, 0.5) is 10.1 Å². The van der Waals surface area contributed by atoms with E-state index in [1.165, 1.54) is 28.0 Å². The fourth-order valence-corrected chi connectivity index (χ4v) is 5.60. The van der Waals surface area contributed by atoms with Crippen LogP contribution in [0, 0.1) is 9.58 Å². The zero-order chi connectivity index (χ0) is 24.7. The van der Waals surface area contributed by atoms with Crippen LogP contribution in [-0.2, 0) is 4.79 Å². The molecule has 2 aromatic heterocycles. The van der Waals surface area contributed by atoms with Crippen LogP contribution in [0.25, 0.3) is 6.08 Å². The summed E-state index contributed by atoms with van der Waals surface area (Å²) in [5.41, 5.74) is 1.70. The van der Waals surface area contributed by atoms with Crippen molar-refractivity contribution in [2.24, 2.45) is 4.99 Å². The molecule has 1 aliphatic heterocycles. The fraction of sp³-hybridized carbons (Fsp3) is 0.0800. The van der Waals surface area contributed by atoms with Crippen LogP contribution in [0.5, 0.6) is 0 Å². The molecule has 3 heterocycles. The Balaban J connectivity index is 1.68. The number of rotatable bonds is 4. The largest absolute Gasteiger partial charge is 0.450 e. The lowest BCUT2D eigenvalue weighted by molar-refractivity contribution is -0.113. The van der Waals surface area contributed by atoms with Crippen molar-refractivity contribution < 1.29 is 13.6 Å². The van der Waals surface area contributed by atoms with Gasteiger partial charge in [0.05, 0.1) is 26.3 Å². The summed E-state index contributed by atoms with van der Waals surface area (Å²) < 4.78 is 22.8. The van der Waals surface area contributed by atoms with E-state index >= 15 is 0 Å². The van der Waals surface area contributed by atoms with Crippen LogP contribution in [0.3, 0.4) is 0 Å². The third kappa shape index (κ3) is 4.69. The molecule has 0 saturated heterocycles. The van der Waals surface area contributed by atoms with Crippen LogP contribution in [0.1, 0.15) is 24.3 Å². The summed E-state index contributed by atoms with van der Waals surface area (Å²) in [7, 11) is 0. The van der Waals surface area contributed by atoms with Crippen molar-refractivity contribution >= 4 is 67.5 Å². The number of fused-ring (bicyclic) bond motifs is 1. The summed E-state index contributed by atoms with van der Waals surface area (Å²) in [5, 5.41) is 2.89. The van der Waals surface area contributed by atoms with Gasteiger partial charge in [0.25, 0.3) is 11.5 Å². The van der Waals surface area contributed by atoms with E-state index in [1.54, 1.807) is 43.3 Å². The number of benzene rings is 2. The van der Waals surface area contributed by atoms with E-state index in [4.69, 9.17) is 4.42 Å². The second-order valence-electron chi connectivity index (χ2n) is 7.72. The van der Waals surface area contributed by atoms with Crippen molar-refractivity contribution in [1.82, 2.24) is 4.57 Å². The Morgan fingerprint density at radius 1 is 1.23 bits per heavy atom. The van der Waals surface area contributed by atoms with Gasteiger partial charge in [0.15, 0.2) is 8.57 Å². The quantitative estimate of drug-likeness (QED) is 0.313. The molecule has 0 spiro atoms. The molecule has 0 fully saturated rings. The maximum atomic E-state index is 13.7. The number of amides is 1. The molecule has 176 valence electrons. The lowest BCUT2D eigenvalue weighted by Crippen LogP contribution is -2.40. The molecule has 10 heteroatoms. The summed E-state index contributed by atoms with van der Waals surface area (Å²) in [6.07, 6.45) is 1.65. The number of halogens is 3. The van der Waals surface area contributed by atoms with Crippen LogP contribution in [0.2, 0.25) is 0 Å². The monoisotopic (exact) mass is 663 g/mol. The third-order valence-electron chi connectivity index (χ3n) is 5.42. The molecule has 1 aliphatic rings. The molecule has 0 radical (unpaired) electrons. The molecule has 0 aliphatic carbocycles. The van der Waals surface area contributed by atoms with Crippen molar-refractivity contribution in [3.05, 3.63) is 117 Å². The SMILES string of the molecule is CC1=C(C(=O)Nc2ccccc2)[C@@H](c2ccc(F)cc2)n2c(s/c(=C/c3cc(Br)c(I)o3)c2=O)=N1. The summed E-state index contributed by atoms with van der Waals surface area (Å²) in [5.74, 6) is -0.275. The maximum absolute atomic E-state index is 13.7. The zero-order valence-corrected chi connectivity index (χ0v) is 22.6. The molecular weight excluding hydrogens is 648 g/mol. The molecule has 5 rings (SSSR count). The first kappa shape index (κ1) is 23.9. The van der Waals surface area contributed by atoms with Crippen molar-refractivity contribution in [2.75, 3.05) is 5.32 Å². The van der Waals surface area contributed by atoms with Crippen LogP contribution in [0.15, 0.2) is 90.6 Å². The number of aromatic nitrogens is 1. The summed E-state index contributed by atoms with van der Waals surface area (Å²) in [6.45, 7) is 1.74. The number of nitrogens with one attached hydrogen (secondary N) is 1. The van der Waals surface area contributed by atoms with Crippen molar-refractivity contribution in [3.8, 4) is 0 Å². The first-order chi connectivity index (χ1) is 16.8. The predicted molar refractivity (Wildman–Crippen MR) is 144 cm³/mol. The molecular formula is C25H16BrFIN3O3S. The van der Waals surface area contributed by atoms with Gasteiger partial charge in [-0.15, -0.1) is 0 Å². The lowest BCUT2D eigenvalue weighted by atomic mass is 9.95. The van der Waals surface area contributed by atoms with E-state index in [0.29, 0.717) is 41.4 Å². The zero-order valence-electron chi connectivity index (χ0n) is 18.1. The fourth-order valence-electron chi connectivity index (χ4n) is 3.86. The topological polar surface area (TPSA) is 76.6 Å². The van der Waals surface area contributed by atoms with Gasteiger partial charge < -0.3 is 9.73 Å². The third-order valence-corrected chi connectivity index (χ3v) is 8.54. The lowest BCUT2D eigenvalue weighted by Gasteiger charge is -2.25.